The Balaban J connectivity index is 3.03. The molecule has 0 spiro atoms. The van der Waals surface area contributed by atoms with E-state index in [1.54, 1.807) is 25.3 Å². The SMILES string of the molecule is CCC(COC)Nc1cccc(OC)c1[N+](=O)[O-]. The lowest BCUT2D eigenvalue weighted by Gasteiger charge is -2.17. The summed E-state index contributed by atoms with van der Waals surface area (Å²) in [5, 5.41) is 14.2. The molecule has 0 bridgehead atoms. The second kappa shape index (κ2) is 6.80. The lowest BCUT2D eigenvalue weighted by Crippen LogP contribution is -2.24. The smallest absolute Gasteiger partial charge is 0.333 e. The molecule has 0 aliphatic rings. The number of anilines is 1. The Morgan fingerprint density at radius 3 is 2.67 bits per heavy atom. The molecule has 1 rings (SSSR count). The molecule has 0 radical (unpaired) electrons. The first kappa shape index (κ1) is 14.2. The lowest BCUT2D eigenvalue weighted by atomic mass is 10.2. The predicted molar refractivity (Wildman–Crippen MR) is 69.2 cm³/mol. The zero-order chi connectivity index (χ0) is 13.5. The maximum Gasteiger partial charge on any atom is 0.333 e. The van der Waals surface area contributed by atoms with Crippen molar-refractivity contribution >= 4 is 11.4 Å². The molecule has 0 amide bonds. The molecular weight excluding hydrogens is 236 g/mol. The molecule has 0 fully saturated rings. The van der Waals surface area contributed by atoms with E-state index in [2.05, 4.69) is 5.32 Å². The molecule has 100 valence electrons. The predicted octanol–water partition coefficient (Wildman–Crippen LogP) is 2.44. The first-order valence-electron chi connectivity index (χ1n) is 5.70. The molecule has 0 saturated carbocycles. The number of rotatable bonds is 7. The summed E-state index contributed by atoms with van der Waals surface area (Å²) in [6.07, 6.45) is 0.808. The van der Waals surface area contributed by atoms with E-state index in [4.69, 9.17) is 9.47 Å². The fourth-order valence-corrected chi connectivity index (χ4v) is 1.67. The van der Waals surface area contributed by atoms with Crippen LogP contribution in [0.4, 0.5) is 11.4 Å². The van der Waals surface area contributed by atoms with Gasteiger partial charge in [-0.25, -0.2) is 0 Å². The number of nitro groups is 1. The van der Waals surface area contributed by atoms with Gasteiger partial charge in [-0.3, -0.25) is 10.1 Å². The molecule has 0 aliphatic heterocycles. The van der Waals surface area contributed by atoms with E-state index < -0.39 is 4.92 Å². The Morgan fingerprint density at radius 1 is 1.44 bits per heavy atom. The highest BCUT2D eigenvalue weighted by Gasteiger charge is 2.21. The maximum atomic E-state index is 11.1. The van der Waals surface area contributed by atoms with E-state index in [-0.39, 0.29) is 17.5 Å². The average Bonchev–Trinajstić information content (AvgIpc) is 2.37. The molecule has 1 N–H and O–H groups in total. The molecule has 18 heavy (non-hydrogen) atoms. The minimum Gasteiger partial charge on any atom is -0.490 e. The Morgan fingerprint density at radius 2 is 2.17 bits per heavy atom. The fraction of sp³-hybridized carbons (Fsp3) is 0.500. The first-order valence-corrected chi connectivity index (χ1v) is 5.70. The Bertz CT molecular complexity index is 409. The van der Waals surface area contributed by atoms with Crippen molar-refractivity contribution in [2.75, 3.05) is 26.1 Å². The van der Waals surface area contributed by atoms with Gasteiger partial charge in [0.2, 0.25) is 0 Å². The Kier molecular flexibility index (Phi) is 5.38. The zero-order valence-corrected chi connectivity index (χ0v) is 10.8. The van der Waals surface area contributed by atoms with Crippen LogP contribution in [0.5, 0.6) is 5.75 Å². The number of para-hydroxylation sites is 1. The third-order valence-corrected chi connectivity index (χ3v) is 2.62. The van der Waals surface area contributed by atoms with Gasteiger partial charge in [-0.1, -0.05) is 13.0 Å². The van der Waals surface area contributed by atoms with Crippen LogP contribution in [0.3, 0.4) is 0 Å². The summed E-state index contributed by atoms with van der Waals surface area (Å²) >= 11 is 0. The minimum absolute atomic E-state index is 0.0285. The molecule has 1 aromatic carbocycles. The van der Waals surface area contributed by atoms with Crippen LogP contribution in [0.15, 0.2) is 18.2 Å². The third kappa shape index (κ3) is 3.33. The molecule has 1 atom stereocenters. The van der Waals surface area contributed by atoms with Gasteiger partial charge in [0.25, 0.3) is 0 Å². The van der Waals surface area contributed by atoms with Crippen molar-refractivity contribution in [3.8, 4) is 5.75 Å². The quantitative estimate of drug-likeness (QED) is 0.597. The van der Waals surface area contributed by atoms with Crippen molar-refractivity contribution in [3.63, 3.8) is 0 Å². The van der Waals surface area contributed by atoms with Crippen LogP contribution in [0.1, 0.15) is 13.3 Å². The number of ether oxygens (including phenoxy) is 2. The number of benzene rings is 1. The summed E-state index contributed by atoms with van der Waals surface area (Å²) < 4.78 is 10.1. The van der Waals surface area contributed by atoms with Gasteiger partial charge in [0.1, 0.15) is 5.69 Å². The Hall–Kier alpha value is -1.82. The average molecular weight is 254 g/mol. The highest BCUT2D eigenvalue weighted by Crippen LogP contribution is 2.34. The van der Waals surface area contributed by atoms with E-state index in [9.17, 15) is 10.1 Å². The van der Waals surface area contributed by atoms with E-state index >= 15 is 0 Å². The van der Waals surface area contributed by atoms with Crippen molar-refractivity contribution < 1.29 is 14.4 Å². The standard InChI is InChI=1S/C12H18N2O4/c1-4-9(8-17-2)13-10-6-5-7-11(18-3)12(10)14(15)16/h5-7,9,13H,4,8H2,1-3H3. The summed E-state index contributed by atoms with van der Waals surface area (Å²) in [4.78, 5) is 10.6. The van der Waals surface area contributed by atoms with E-state index in [1.165, 1.54) is 7.11 Å². The molecule has 6 nitrogen and oxygen atoms in total. The zero-order valence-electron chi connectivity index (χ0n) is 10.8. The van der Waals surface area contributed by atoms with E-state index in [1.807, 2.05) is 6.92 Å². The van der Waals surface area contributed by atoms with Crippen LogP contribution in [0.25, 0.3) is 0 Å². The minimum atomic E-state index is -0.444. The molecule has 0 aromatic heterocycles. The lowest BCUT2D eigenvalue weighted by molar-refractivity contribution is -0.384. The highest BCUT2D eigenvalue weighted by atomic mass is 16.6. The largest absolute Gasteiger partial charge is 0.490 e. The van der Waals surface area contributed by atoms with Gasteiger partial charge in [0.05, 0.1) is 18.6 Å². The molecule has 0 saturated heterocycles. The van der Waals surface area contributed by atoms with Gasteiger partial charge in [-0.2, -0.15) is 0 Å². The van der Waals surface area contributed by atoms with Crippen molar-refractivity contribution in [2.45, 2.75) is 19.4 Å². The second-order valence-corrected chi connectivity index (χ2v) is 3.82. The van der Waals surface area contributed by atoms with Crippen LogP contribution in [0.2, 0.25) is 0 Å². The summed E-state index contributed by atoms with van der Waals surface area (Å²) in [5.41, 5.74) is 0.401. The van der Waals surface area contributed by atoms with Crippen molar-refractivity contribution in [1.29, 1.82) is 0 Å². The molecule has 1 unspecified atom stereocenters. The van der Waals surface area contributed by atoms with Gasteiger partial charge >= 0.3 is 5.69 Å². The Labute approximate surface area is 106 Å². The van der Waals surface area contributed by atoms with E-state index in [0.717, 1.165) is 6.42 Å². The maximum absolute atomic E-state index is 11.1. The number of nitro benzene ring substituents is 1. The van der Waals surface area contributed by atoms with Gasteiger partial charge in [0, 0.05) is 13.2 Å². The summed E-state index contributed by atoms with van der Waals surface area (Å²) in [5.74, 6) is 0.247. The molecule has 0 aliphatic carbocycles. The number of nitrogens with zero attached hydrogens (tertiary/aromatic N) is 1. The van der Waals surface area contributed by atoms with Crippen LogP contribution >= 0.6 is 0 Å². The van der Waals surface area contributed by atoms with Crippen molar-refractivity contribution in [3.05, 3.63) is 28.3 Å². The number of hydrogen-bond donors (Lipinski definition) is 1. The summed E-state index contributed by atoms with van der Waals surface area (Å²) in [6, 6.07) is 4.98. The van der Waals surface area contributed by atoms with Crippen molar-refractivity contribution in [1.82, 2.24) is 0 Å². The van der Waals surface area contributed by atoms with Gasteiger partial charge in [0.15, 0.2) is 5.75 Å². The molecule has 6 heteroatoms. The van der Waals surface area contributed by atoms with Gasteiger partial charge < -0.3 is 14.8 Å². The van der Waals surface area contributed by atoms with Crippen LogP contribution in [-0.2, 0) is 4.74 Å². The van der Waals surface area contributed by atoms with Gasteiger partial charge in [-0.05, 0) is 18.6 Å². The number of nitrogens with one attached hydrogen (secondary N) is 1. The van der Waals surface area contributed by atoms with Gasteiger partial charge in [-0.15, -0.1) is 0 Å². The molecule has 0 heterocycles. The second-order valence-electron chi connectivity index (χ2n) is 3.82. The first-order chi connectivity index (χ1) is 8.63. The number of methoxy groups -OCH3 is 2. The highest BCUT2D eigenvalue weighted by molar-refractivity contribution is 5.68. The topological polar surface area (TPSA) is 73.6 Å². The van der Waals surface area contributed by atoms with Crippen LogP contribution in [-0.4, -0.2) is 31.8 Å². The van der Waals surface area contributed by atoms with E-state index in [0.29, 0.717) is 12.3 Å². The fourth-order valence-electron chi connectivity index (χ4n) is 1.67. The van der Waals surface area contributed by atoms with Crippen LogP contribution in [0, 0.1) is 10.1 Å². The summed E-state index contributed by atoms with van der Waals surface area (Å²) in [6.45, 7) is 2.48. The van der Waals surface area contributed by atoms with Crippen LogP contribution < -0.4 is 10.1 Å². The van der Waals surface area contributed by atoms with Crippen molar-refractivity contribution in [2.24, 2.45) is 0 Å². The molecule has 1 aromatic rings. The third-order valence-electron chi connectivity index (χ3n) is 2.62. The normalized spacial score (nSPS) is 11.9. The summed E-state index contributed by atoms with van der Waals surface area (Å²) in [7, 11) is 3.02. The monoisotopic (exact) mass is 254 g/mol. The molecular formula is C12H18N2O4. The number of hydrogen-bond acceptors (Lipinski definition) is 5.